The predicted octanol–water partition coefficient (Wildman–Crippen LogP) is 3.65. The molecular formula is C11H12F6N2O. The van der Waals surface area contributed by atoms with Crippen LogP contribution in [0.4, 0.5) is 26.3 Å². The largest absolute Gasteiger partial charge is 0.459 e. The van der Waals surface area contributed by atoms with Crippen molar-refractivity contribution in [3.8, 4) is 0 Å². The standard InChI is InChI=1S/C11H12F6N2O/c1-9(2,3)20-8-18-5-6(10(12,13)14)4-7(19-8)11(15,16)17/h4-5H,1-3H3,(H,18,19). The molecule has 1 rings (SSSR count). The molecular weight excluding hydrogens is 290 g/mol. The third kappa shape index (κ3) is 4.78. The van der Waals surface area contributed by atoms with E-state index in [9.17, 15) is 26.3 Å². The lowest BCUT2D eigenvalue weighted by Crippen LogP contribution is -2.37. The topological polar surface area (TPSA) is 33.6 Å². The highest BCUT2D eigenvalue weighted by Crippen LogP contribution is 2.32. The molecule has 0 aliphatic carbocycles. The molecule has 0 amide bonds. The highest BCUT2D eigenvalue weighted by molar-refractivity contribution is 5.77. The zero-order valence-corrected chi connectivity index (χ0v) is 10.8. The first kappa shape index (κ1) is 16.4. The molecule has 1 aliphatic heterocycles. The van der Waals surface area contributed by atoms with Gasteiger partial charge in [-0.25, -0.2) is 4.99 Å². The Morgan fingerprint density at radius 3 is 1.95 bits per heavy atom. The van der Waals surface area contributed by atoms with E-state index in [1.165, 1.54) is 20.8 Å². The van der Waals surface area contributed by atoms with Crippen molar-refractivity contribution in [2.24, 2.45) is 4.99 Å². The Morgan fingerprint density at radius 1 is 1.00 bits per heavy atom. The minimum Gasteiger partial charge on any atom is -0.459 e. The maximum Gasteiger partial charge on any atom is 0.431 e. The van der Waals surface area contributed by atoms with E-state index in [2.05, 4.69) is 4.99 Å². The number of halogens is 6. The molecule has 1 aliphatic rings. The smallest absolute Gasteiger partial charge is 0.431 e. The van der Waals surface area contributed by atoms with Crippen molar-refractivity contribution < 1.29 is 31.1 Å². The summed E-state index contributed by atoms with van der Waals surface area (Å²) in [6, 6.07) is -0.652. The number of alkyl halides is 6. The Labute approximate surface area is 111 Å². The summed E-state index contributed by atoms with van der Waals surface area (Å²) in [5, 5.41) is 1.73. The Morgan fingerprint density at radius 2 is 1.55 bits per heavy atom. The second kappa shape index (κ2) is 5.02. The zero-order chi connectivity index (χ0) is 15.8. The fraction of sp³-hybridized carbons (Fsp3) is 0.545. The van der Waals surface area contributed by atoms with Crippen molar-refractivity contribution in [1.29, 1.82) is 0 Å². The Balaban J connectivity index is 3.21. The maximum absolute atomic E-state index is 12.7. The third-order valence-electron chi connectivity index (χ3n) is 1.90. The molecule has 20 heavy (non-hydrogen) atoms. The summed E-state index contributed by atoms with van der Waals surface area (Å²) in [7, 11) is 0. The van der Waals surface area contributed by atoms with E-state index in [1.807, 2.05) is 0 Å². The minimum atomic E-state index is -4.99. The number of amidine groups is 1. The maximum atomic E-state index is 12.7. The van der Waals surface area contributed by atoms with E-state index in [4.69, 9.17) is 4.74 Å². The van der Waals surface area contributed by atoms with Crippen LogP contribution in [0, 0.1) is 0 Å². The van der Waals surface area contributed by atoms with Gasteiger partial charge >= 0.3 is 12.4 Å². The summed E-state index contributed by atoms with van der Waals surface area (Å²) in [6.07, 6.45) is -9.70. The lowest BCUT2D eigenvalue weighted by atomic mass is 10.2. The molecule has 0 spiro atoms. The summed E-state index contributed by atoms with van der Waals surface area (Å²) in [5.41, 5.74) is -4.04. The average molecular weight is 302 g/mol. The molecule has 1 N–H and O–H groups in total. The van der Waals surface area contributed by atoms with Crippen LogP contribution in [-0.2, 0) is 4.74 Å². The minimum absolute atomic E-state index is 0.0531. The van der Waals surface area contributed by atoms with Gasteiger partial charge in [0.15, 0.2) is 0 Å². The second-order valence-electron chi connectivity index (χ2n) is 4.91. The average Bonchev–Trinajstić information content (AvgIpc) is 2.35. The zero-order valence-electron chi connectivity index (χ0n) is 10.8. The van der Waals surface area contributed by atoms with Crippen molar-refractivity contribution in [1.82, 2.24) is 5.32 Å². The molecule has 0 fully saturated rings. The molecule has 0 saturated carbocycles. The summed E-state index contributed by atoms with van der Waals surface area (Å²) < 4.78 is 80.6. The predicted molar refractivity (Wildman–Crippen MR) is 59.7 cm³/mol. The van der Waals surface area contributed by atoms with Crippen LogP contribution in [0.2, 0.25) is 0 Å². The quantitative estimate of drug-likeness (QED) is 0.693. The molecule has 0 aromatic rings. The van der Waals surface area contributed by atoms with Crippen LogP contribution in [0.25, 0.3) is 0 Å². The first-order valence-corrected chi connectivity index (χ1v) is 5.39. The van der Waals surface area contributed by atoms with Gasteiger partial charge in [-0.3, -0.25) is 0 Å². The number of aliphatic imine (C=N–C) groups is 1. The molecule has 1 heterocycles. The normalized spacial score (nSPS) is 17.6. The van der Waals surface area contributed by atoms with Crippen molar-refractivity contribution >= 4 is 6.02 Å². The summed E-state index contributed by atoms with van der Waals surface area (Å²) in [5.74, 6) is 0. The van der Waals surface area contributed by atoms with Crippen LogP contribution in [0.5, 0.6) is 0 Å². The lowest BCUT2D eigenvalue weighted by molar-refractivity contribution is -0.0985. The van der Waals surface area contributed by atoms with Crippen molar-refractivity contribution in [3.05, 3.63) is 23.5 Å². The van der Waals surface area contributed by atoms with Crippen LogP contribution < -0.4 is 5.32 Å². The highest BCUT2D eigenvalue weighted by atomic mass is 19.4. The first-order valence-electron chi connectivity index (χ1n) is 5.39. The van der Waals surface area contributed by atoms with Crippen molar-refractivity contribution in [3.63, 3.8) is 0 Å². The summed E-state index contributed by atoms with van der Waals surface area (Å²) in [4.78, 5) is 3.27. The SMILES string of the molecule is CC(C)(C)OC1=NC=C(C(F)(F)F)C=C(C(F)(F)F)N1. The van der Waals surface area contributed by atoms with E-state index in [1.54, 1.807) is 5.32 Å². The van der Waals surface area contributed by atoms with Gasteiger partial charge in [0, 0.05) is 6.20 Å². The van der Waals surface area contributed by atoms with Crippen molar-refractivity contribution in [2.75, 3.05) is 0 Å². The van der Waals surface area contributed by atoms with Crippen LogP contribution in [-0.4, -0.2) is 24.0 Å². The van der Waals surface area contributed by atoms with Crippen LogP contribution >= 0.6 is 0 Å². The Kier molecular flexibility index (Phi) is 4.12. The van der Waals surface area contributed by atoms with Gasteiger partial charge in [0.05, 0.1) is 5.57 Å². The molecule has 0 bridgehead atoms. The Hall–Kier alpha value is -1.67. The fourth-order valence-corrected chi connectivity index (χ4v) is 1.15. The highest BCUT2D eigenvalue weighted by Gasteiger charge is 2.40. The van der Waals surface area contributed by atoms with Gasteiger partial charge < -0.3 is 10.1 Å². The number of nitrogens with one attached hydrogen (secondary N) is 1. The molecule has 0 aromatic heterocycles. The van der Waals surface area contributed by atoms with Gasteiger partial charge in [0.1, 0.15) is 11.3 Å². The van der Waals surface area contributed by atoms with E-state index in [0.29, 0.717) is 0 Å². The number of rotatable bonds is 0. The number of hydrogen-bond donors (Lipinski definition) is 1. The van der Waals surface area contributed by atoms with E-state index >= 15 is 0 Å². The summed E-state index contributed by atoms with van der Waals surface area (Å²) >= 11 is 0. The van der Waals surface area contributed by atoms with Gasteiger partial charge in [0.25, 0.3) is 6.02 Å². The number of nitrogens with zero attached hydrogens (tertiary/aromatic N) is 1. The molecule has 0 atom stereocenters. The number of hydrogen-bond acceptors (Lipinski definition) is 3. The van der Waals surface area contributed by atoms with Gasteiger partial charge in [-0.05, 0) is 26.8 Å². The number of allylic oxidation sites excluding steroid dienone is 3. The fourth-order valence-electron chi connectivity index (χ4n) is 1.15. The molecule has 0 unspecified atom stereocenters. The van der Waals surface area contributed by atoms with E-state index in [0.717, 1.165) is 0 Å². The molecule has 0 radical (unpaired) electrons. The van der Waals surface area contributed by atoms with Crippen LogP contribution in [0.3, 0.4) is 0 Å². The summed E-state index contributed by atoms with van der Waals surface area (Å²) in [6.45, 7) is 4.56. The Bertz CT molecular complexity index is 465. The monoisotopic (exact) mass is 302 g/mol. The lowest BCUT2D eigenvalue weighted by Gasteiger charge is -2.23. The second-order valence-corrected chi connectivity index (χ2v) is 4.91. The molecule has 3 nitrogen and oxygen atoms in total. The van der Waals surface area contributed by atoms with E-state index < -0.39 is 35.2 Å². The van der Waals surface area contributed by atoms with Gasteiger partial charge in [-0.15, -0.1) is 0 Å². The number of ether oxygens (including phenoxy) is 1. The van der Waals surface area contributed by atoms with Gasteiger partial charge in [-0.1, -0.05) is 0 Å². The van der Waals surface area contributed by atoms with Crippen LogP contribution in [0.15, 0.2) is 28.5 Å². The molecule has 0 saturated heterocycles. The van der Waals surface area contributed by atoms with Crippen molar-refractivity contribution in [2.45, 2.75) is 38.7 Å². The van der Waals surface area contributed by atoms with Gasteiger partial charge in [-0.2, -0.15) is 26.3 Å². The van der Waals surface area contributed by atoms with Gasteiger partial charge in [0.2, 0.25) is 0 Å². The first-order chi connectivity index (χ1) is 8.79. The molecule has 0 aromatic carbocycles. The van der Waals surface area contributed by atoms with Crippen LogP contribution in [0.1, 0.15) is 20.8 Å². The molecule has 9 heteroatoms. The molecule has 114 valence electrons. The third-order valence-corrected chi connectivity index (χ3v) is 1.90. The van der Waals surface area contributed by atoms with E-state index in [-0.39, 0.29) is 12.3 Å².